The van der Waals surface area contributed by atoms with Gasteiger partial charge in [0.2, 0.25) is 5.82 Å². The molecule has 0 N–H and O–H groups in total. The highest BCUT2D eigenvalue weighted by molar-refractivity contribution is 5.91. The fourth-order valence-electron chi connectivity index (χ4n) is 2.98. The first kappa shape index (κ1) is 13.0. The first-order valence-electron chi connectivity index (χ1n) is 7.64. The number of benzene rings is 1. The van der Waals surface area contributed by atoms with Gasteiger partial charge in [-0.1, -0.05) is 30.3 Å². The van der Waals surface area contributed by atoms with Crippen LogP contribution in [0.15, 0.2) is 77.5 Å². The highest BCUT2D eigenvalue weighted by Crippen LogP contribution is 2.31. The van der Waals surface area contributed by atoms with Crippen LogP contribution in [0.1, 0.15) is 0 Å². The highest BCUT2D eigenvalue weighted by Gasteiger charge is 2.17. The van der Waals surface area contributed by atoms with Crippen molar-refractivity contribution < 1.29 is 4.42 Å². The van der Waals surface area contributed by atoms with Crippen molar-refractivity contribution in [3.63, 3.8) is 0 Å². The lowest BCUT2D eigenvalue weighted by molar-refractivity contribution is 0.576. The summed E-state index contributed by atoms with van der Waals surface area (Å²) in [6, 6.07) is 20.0. The predicted octanol–water partition coefficient (Wildman–Crippen LogP) is 4.20. The quantitative estimate of drug-likeness (QED) is 0.490. The molecule has 5 rings (SSSR count). The molecule has 0 aliphatic carbocycles. The van der Waals surface area contributed by atoms with Crippen molar-refractivity contribution in [1.82, 2.24) is 19.6 Å². The molecule has 0 aliphatic rings. The molecule has 5 aromatic rings. The van der Waals surface area contributed by atoms with Gasteiger partial charge in [-0.25, -0.2) is 4.98 Å². The lowest BCUT2D eigenvalue weighted by atomic mass is 10.1. The van der Waals surface area contributed by atoms with Gasteiger partial charge in [0.15, 0.2) is 11.4 Å². The molecule has 0 bridgehead atoms. The van der Waals surface area contributed by atoms with Crippen LogP contribution in [0.4, 0.5) is 0 Å². The normalized spacial score (nSPS) is 11.3. The molecule has 4 heterocycles. The molecule has 0 aliphatic heterocycles. The number of hydrogen-bond donors (Lipinski definition) is 0. The van der Waals surface area contributed by atoms with Gasteiger partial charge in [0, 0.05) is 17.1 Å². The number of aromatic nitrogens is 4. The molecule has 114 valence electrons. The van der Waals surface area contributed by atoms with Crippen LogP contribution in [-0.2, 0) is 0 Å². The molecule has 0 spiro atoms. The summed E-state index contributed by atoms with van der Waals surface area (Å²) < 4.78 is 7.48. The summed E-state index contributed by atoms with van der Waals surface area (Å²) in [5, 5.41) is 9.79. The Hall–Kier alpha value is -3.47. The Bertz CT molecular complexity index is 1140. The number of fused-ring (bicyclic) bond motifs is 3. The zero-order valence-electron chi connectivity index (χ0n) is 12.6. The summed E-state index contributed by atoms with van der Waals surface area (Å²) >= 11 is 0. The first-order valence-corrected chi connectivity index (χ1v) is 7.64. The van der Waals surface area contributed by atoms with Crippen molar-refractivity contribution in [2.45, 2.75) is 0 Å². The second-order valence-electron chi connectivity index (χ2n) is 5.50. The molecule has 1 aromatic carbocycles. The minimum Gasteiger partial charge on any atom is -0.461 e. The van der Waals surface area contributed by atoms with Gasteiger partial charge < -0.3 is 4.42 Å². The summed E-state index contributed by atoms with van der Waals surface area (Å²) in [5.74, 6) is 1.32. The van der Waals surface area contributed by atoms with Gasteiger partial charge >= 0.3 is 0 Å². The van der Waals surface area contributed by atoms with E-state index >= 15 is 0 Å². The molecule has 5 nitrogen and oxygen atoms in total. The van der Waals surface area contributed by atoms with E-state index in [2.05, 4.69) is 33.4 Å². The van der Waals surface area contributed by atoms with E-state index in [1.807, 2.05) is 46.9 Å². The van der Waals surface area contributed by atoms with Gasteiger partial charge in [-0.3, -0.25) is 4.40 Å². The zero-order chi connectivity index (χ0) is 15.9. The summed E-state index contributed by atoms with van der Waals surface area (Å²) in [7, 11) is 0. The van der Waals surface area contributed by atoms with Gasteiger partial charge in [-0.2, -0.15) is 0 Å². The van der Waals surface area contributed by atoms with Gasteiger partial charge in [0.25, 0.3) is 0 Å². The lowest BCUT2D eigenvalue weighted by Gasteiger charge is -2.08. The van der Waals surface area contributed by atoms with Crippen LogP contribution in [0.2, 0.25) is 0 Å². The molecule has 0 amide bonds. The molecule has 0 atom stereocenters. The third kappa shape index (κ3) is 1.85. The first-order chi connectivity index (χ1) is 11.9. The van der Waals surface area contributed by atoms with Crippen LogP contribution in [-0.4, -0.2) is 19.6 Å². The minimum absolute atomic E-state index is 0.650. The van der Waals surface area contributed by atoms with E-state index in [4.69, 9.17) is 4.42 Å². The molecule has 0 fully saturated rings. The van der Waals surface area contributed by atoms with Crippen molar-refractivity contribution in [3.05, 3.63) is 73.1 Å². The van der Waals surface area contributed by atoms with Crippen molar-refractivity contribution in [2.75, 3.05) is 0 Å². The number of furan rings is 1. The van der Waals surface area contributed by atoms with Gasteiger partial charge in [0.05, 0.1) is 6.26 Å². The maximum atomic E-state index is 5.53. The van der Waals surface area contributed by atoms with E-state index in [0.29, 0.717) is 11.6 Å². The maximum Gasteiger partial charge on any atom is 0.205 e. The number of rotatable bonds is 2. The van der Waals surface area contributed by atoms with Crippen molar-refractivity contribution in [2.24, 2.45) is 0 Å². The van der Waals surface area contributed by atoms with Gasteiger partial charge in [0.1, 0.15) is 5.65 Å². The molecule has 24 heavy (non-hydrogen) atoms. The largest absolute Gasteiger partial charge is 0.461 e. The van der Waals surface area contributed by atoms with Crippen LogP contribution in [0.3, 0.4) is 0 Å². The summed E-state index contributed by atoms with van der Waals surface area (Å²) in [4.78, 5) is 4.53. The molecule has 0 saturated carbocycles. The van der Waals surface area contributed by atoms with Crippen molar-refractivity contribution >= 4 is 16.7 Å². The fraction of sp³-hybridized carbons (Fsp3) is 0. The average molecular weight is 312 g/mol. The summed E-state index contributed by atoms with van der Waals surface area (Å²) in [6.45, 7) is 0. The number of pyridine rings is 2. The van der Waals surface area contributed by atoms with E-state index in [1.54, 1.807) is 12.5 Å². The Morgan fingerprint density at radius 3 is 2.58 bits per heavy atom. The zero-order valence-corrected chi connectivity index (χ0v) is 12.6. The molecule has 0 radical (unpaired) electrons. The second-order valence-corrected chi connectivity index (χ2v) is 5.50. The van der Waals surface area contributed by atoms with Crippen LogP contribution in [0, 0.1) is 0 Å². The minimum atomic E-state index is 0.650. The van der Waals surface area contributed by atoms with Crippen LogP contribution >= 0.6 is 0 Å². The Morgan fingerprint density at radius 1 is 0.833 bits per heavy atom. The topological polar surface area (TPSA) is 56.2 Å². The van der Waals surface area contributed by atoms with E-state index < -0.39 is 0 Å². The average Bonchev–Trinajstić information content (AvgIpc) is 3.31. The Balaban J connectivity index is 1.95. The molecule has 4 aromatic heterocycles. The van der Waals surface area contributed by atoms with Crippen LogP contribution in [0.25, 0.3) is 39.4 Å². The molecule has 0 unspecified atom stereocenters. The monoisotopic (exact) mass is 312 g/mol. The van der Waals surface area contributed by atoms with Crippen molar-refractivity contribution in [1.29, 1.82) is 0 Å². The molecular formula is C19H12N4O. The van der Waals surface area contributed by atoms with Gasteiger partial charge in [-0.05, 0) is 35.9 Å². The van der Waals surface area contributed by atoms with Crippen LogP contribution < -0.4 is 0 Å². The fourth-order valence-corrected chi connectivity index (χ4v) is 2.98. The Labute approximate surface area is 137 Å². The number of nitrogens with zero attached hydrogens (tertiary/aromatic N) is 4. The third-order valence-corrected chi connectivity index (χ3v) is 4.06. The third-order valence-electron chi connectivity index (χ3n) is 4.06. The van der Waals surface area contributed by atoms with Crippen molar-refractivity contribution in [3.8, 4) is 22.7 Å². The smallest absolute Gasteiger partial charge is 0.205 e. The standard InChI is InChI=1S/C19H12N4O/c1-2-6-13(7-3-1)15-12-14-8-4-10-20-17(14)23-18(15)21-22-19(23)16-9-5-11-24-16/h1-12H. The van der Waals surface area contributed by atoms with Crippen LogP contribution in [0.5, 0.6) is 0 Å². The second kappa shape index (κ2) is 5.03. The molecule has 5 heteroatoms. The predicted molar refractivity (Wildman–Crippen MR) is 91.4 cm³/mol. The summed E-state index contributed by atoms with van der Waals surface area (Å²) in [6.07, 6.45) is 3.41. The SMILES string of the molecule is c1ccc(-c2cc3cccnc3n3c(-c4ccco4)nnc23)cc1. The highest BCUT2D eigenvalue weighted by atomic mass is 16.3. The Morgan fingerprint density at radius 2 is 1.75 bits per heavy atom. The Kier molecular flexibility index (Phi) is 2.72. The van der Waals surface area contributed by atoms with E-state index in [1.165, 1.54) is 0 Å². The molecular weight excluding hydrogens is 300 g/mol. The number of hydrogen-bond acceptors (Lipinski definition) is 4. The van der Waals surface area contributed by atoms with E-state index in [-0.39, 0.29) is 0 Å². The molecule has 0 saturated heterocycles. The van der Waals surface area contributed by atoms with Gasteiger partial charge in [-0.15, -0.1) is 10.2 Å². The summed E-state index contributed by atoms with van der Waals surface area (Å²) in [5.41, 5.74) is 3.68. The van der Waals surface area contributed by atoms with E-state index in [0.717, 1.165) is 27.8 Å². The lowest BCUT2D eigenvalue weighted by Crippen LogP contribution is -1.96. The van der Waals surface area contributed by atoms with E-state index in [9.17, 15) is 0 Å². The maximum absolute atomic E-state index is 5.53.